The topological polar surface area (TPSA) is 20.2 Å². The Morgan fingerprint density at radius 3 is 1.80 bits per heavy atom. The first kappa shape index (κ1) is 19.5. The molecule has 0 aliphatic carbocycles. The molecule has 30 heavy (non-hydrogen) atoms. The SMILES string of the molecule is OC(c1ccccc1)(c1ccccc1)C12CC[N+](Cc3cccc(F)c3)(CC1)CC2. The van der Waals surface area contributed by atoms with Gasteiger partial charge in [0.2, 0.25) is 0 Å². The zero-order valence-corrected chi connectivity index (χ0v) is 17.3. The summed E-state index contributed by atoms with van der Waals surface area (Å²) in [6.07, 6.45) is 2.92. The normalized spacial score (nSPS) is 25.9. The number of benzene rings is 3. The maximum absolute atomic E-state index is 13.7. The summed E-state index contributed by atoms with van der Waals surface area (Å²) >= 11 is 0. The molecule has 0 aromatic heterocycles. The van der Waals surface area contributed by atoms with Crippen molar-refractivity contribution in [3.05, 3.63) is 107 Å². The van der Waals surface area contributed by atoms with Gasteiger partial charge in [-0.15, -0.1) is 0 Å². The molecule has 3 fully saturated rings. The van der Waals surface area contributed by atoms with E-state index < -0.39 is 5.60 Å². The molecule has 3 heteroatoms. The second-order valence-corrected chi connectivity index (χ2v) is 9.27. The van der Waals surface area contributed by atoms with Crippen LogP contribution in [0.1, 0.15) is 36.0 Å². The van der Waals surface area contributed by atoms with Gasteiger partial charge in [-0.25, -0.2) is 4.39 Å². The number of piperidine rings is 3. The molecule has 3 saturated heterocycles. The molecule has 0 unspecified atom stereocenters. The fourth-order valence-electron chi connectivity index (χ4n) is 6.00. The van der Waals surface area contributed by atoms with Gasteiger partial charge in [0.25, 0.3) is 0 Å². The van der Waals surface area contributed by atoms with Crippen LogP contribution in [0.5, 0.6) is 0 Å². The van der Waals surface area contributed by atoms with Crippen molar-refractivity contribution >= 4 is 0 Å². The van der Waals surface area contributed by atoms with Crippen LogP contribution >= 0.6 is 0 Å². The number of quaternary nitrogens is 1. The molecule has 3 heterocycles. The highest BCUT2D eigenvalue weighted by Gasteiger charge is 2.60. The molecule has 3 aromatic carbocycles. The Balaban J connectivity index is 1.48. The smallest absolute Gasteiger partial charge is 0.123 e. The lowest BCUT2D eigenvalue weighted by Crippen LogP contribution is -2.66. The summed E-state index contributed by atoms with van der Waals surface area (Å²) in [5.74, 6) is -0.156. The maximum Gasteiger partial charge on any atom is 0.123 e. The summed E-state index contributed by atoms with van der Waals surface area (Å²) in [5.41, 5.74) is 1.89. The van der Waals surface area contributed by atoms with Gasteiger partial charge in [-0.3, -0.25) is 0 Å². The van der Waals surface area contributed by atoms with Crippen molar-refractivity contribution in [2.45, 2.75) is 31.4 Å². The van der Waals surface area contributed by atoms with Gasteiger partial charge in [0, 0.05) is 30.2 Å². The van der Waals surface area contributed by atoms with Crippen molar-refractivity contribution in [1.82, 2.24) is 0 Å². The van der Waals surface area contributed by atoms with Crippen LogP contribution in [0.2, 0.25) is 0 Å². The van der Waals surface area contributed by atoms with E-state index in [0.29, 0.717) is 0 Å². The molecular formula is C27H29FNO+. The van der Waals surface area contributed by atoms with Gasteiger partial charge in [0.1, 0.15) is 18.0 Å². The van der Waals surface area contributed by atoms with Crippen LogP contribution in [0.3, 0.4) is 0 Å². The van der Waals surface area contributed by atoms with Crippen molar-refractivity contribution in [2.24, 2.45) is 5.41 Å². The van der Waals surface area contributed by atoms with Crippen LogP contribution in [-0.2, 0) is 12.1 Å². The number of halogens is 1. The average molecular weight is 403 g/mol. The van der Waals surface area contributed by atoms with Gasteiger partial charge in [-0.2, -0.15) is 0 Å². The lowest BCUT2D eigenvalue weighted by atomic mass is 9.56. The number of rotatable bonds is 5. The van der Waals surface area contributed by atoms with Crippen molar-refractivity contribution < 1.29 is 14.0 Å². The maximum atomic E-state index is 13.7. The molecule has 1 N–H and O–H groups in total. The van der Waals surface area contributed by atoms with E-state index in [2.05, 4.69) is 24.3 Å². The fourth-order valence-corrected chi connectivity index (χ4v) is 6.00. The zero-order valence-electron chi connectivity index (χ0n) is 17.3. The Hall–Kier alpha value is -2.49. The van der Waals surface area contributed by atoms with Crippen LogP contribution in [0.25, 0.3) is 0 Å². The molecule has 3 aliphatic rings. The third-order valence-electron chi connectivity index (χ3n) is 7.75. The highest BCUT2D eigenvalue weighted by molar-refractivity contribution is 5.39. The Labute approximate surface area is 178 Å². The highest BCUT2D eigenvalue weighted by Crippen LogP contribution is 2.57. The van der Waals surface area contributed by atoms with E-state index in [1.165, 1.54) is 6.07 Å². The van der Waals surface area contributed by atoms with Crippen LogP contribution in [-0.4, -0.2) is 29.2 Å². The molecule has 0 radical (unpaired) electrons. The molecule has 6 rings (SSSR count). The molecule has 3 aliphatic heterocycles. The minimum Gasteiger partial charge on any atom is -0.380 e. The first-order valence-corrected chi connectivity index (χ1v) is 11.0. The number of aliphatic hydroxyl groups is 1. The molecule has 154 valence electrons. The third-order valence-corrected chi connectivity index (χ3v) is 7.75. The van der Waals surface area contributed by atoms with Gasteiger partial charge in [0.15, 0.2) is 0 Å². The monoisotopic (exact) mass is 402 g/mol. The second-order valence-electron chi connectivity index (χ2n) is 9.27. The van der Waals surface area contributed by atoms with Crippen LogP contribution in [0.4, 0.5) is 4.39 Å². The molecule has 0 saturated carbocycles. The largest absolute Gasteiger partial charge is 0.380 e. The van der Waals surface area contributed by atoms with Crippen molar-refractivity contribution in [1.29, 1.82) is 0 Å². The lowest BCUT2D eigenvalue weighted by molar-refractivity contribution is -0.958. The Morgan fingerprint density at radius 1 is 0.767 bits per heavy atom. The Morgan fingerprint density at radius 2 is 1.30 bits per heavy atom. The van der Waals surface area contributed by atoms with E-state index in [0.717, 1.165) is 66.6 Å². The van der Waals surface area contributed by atoms with E-state index in [1.807, 2.05) is 48.5 Å². The van der Waals surface area contributed by atoms with Gasteiger partial charge >= 0.3 is 0 Å². The molecule has 2 bridgehead atoms. The lowest BCUT2D eigenvalue weighted by Gasteiger charge is -2.60. The predicted molar refractivity (Wildman–Crippen MR) is 117 cm³/mol. The molecular weight excluding hydrogens is 373 g/mol. The van der Waals surface area contributed by atoms with E-state index in [4.69, 9.17) is 0 Å². The number of hydrogen-bond acceptors (Lipinski definition) is 1. The summed E-state index contributed by atoms with van der Waals surface area (Å²) in [4.78, 5) is 0. The predicted octanol–water partition coefficient (Wildman–Crippen LogP) is 5.26. The minimum absolute atomic E-state index is 0.156. The average Bonchev–Trinajstić information content (AvgIpc) is 2.81. The van der Waals surface area contributed by atoms with E-state index in [-0.39, 0.29) is 11.2 Å². The number of nitrogens with zero attached hydrogens (tertiary/aromatic N) is 1. The summed E-state index contributed by atoms with van der Waals surface area (Å²) in [5, 5.41) is 12.4. The molecule has 0 spiro atoms. The summed E-state index contributed by atoms with van der Waals surface area (Å²) in [6, 6.07) is 27.4. The van der Waals surface area contributed by atoms with Crippen LogP contribution < -0.4 is 0 Å². The second kappa shape index (κ2) is 7.33. The van der Waals surface area contributed by atoms with Gasteiger partial charge in [-0.1, -0.05) is 72.8 Å². The first-order chi connectivity index (χ1) is 14.6. The van der Waals surface area contributed by atoms with Crippen molar-refractivity contribution in [3.8, 4) is 0 Å². The zero-order chi connectivity index (χ0) is 20.7. The molecule has 0 atom stereocenters. The molecule has 2 nitrogen and oxygen atoms in total. The molecule has 0 amide bonds. The first-order valence-electron chi connectivity index (χ1n) is 11.0. The summed E-state index contributed by atoms with van der Waals surface area (Å²) in [7, 11) is 0. The quantitative estimate of drug-likeness (QED) is 0.577. The highest BCUT2D eigenvalue weighted by atomic mass is 19.1. The summed E-state index contributed by atoms with van der Waals surface area (Å²) in [6.45, 7) is 3.96. The van der Waals surface area contributed by atoms with E-state index >= 15 is 0 Å². The van der Waals surface area contributed by atoms with Gasteiger partial charge in [0.05, 0.1) is 19.6 Å². The van der Waals surface area contributed by atoms with E-state index in [1.54, 1.807) is 6.07 Å². The number of hydrogen-bond donors (Lipinski definition) is 1. The van der Waals surface area contributed by atoms with Crippen molar-refractivity contribution in [3.63, 3.8) is 0 Å². The Bertz CT molecular complexity index is 953. The standard InChI is InChI=1S/C27H29FNO/c28-25-13-7-8-22(20-25)21-29-17-14-26(15-18-29,16-19-29)27(30,23-9-3-1-4-10-23)24-11-5-2-6-12-24/h1-13,20,30H,14-19,21H2/q+1. The summed E-state index contributed by atoms with van der Waals surface area (Å²) < 4.78 is 14.7. The van der Waals surface area contributed by atoms with Crippen molar-refractivity contribution in [2.75, 3.05) is 19.6 Å². The molecule has 3 aromatic rings. The van der Waals surface area contributed by atoms with Crippen LogP contribution in [0, 0.1) is 11.2 Å². The number of fused-ring (bicyclic) bond motifs is 3. The minimum atomic E-state index is -0.995. The van der Waals surface area contributed by atoms with Gasteiger partial charge in [-0.05, 0) is 23.3 Å². The fraction of sp³-hybridized carbons (Fsp3) is 0.333. The van der Waals surface area contributed by atoms with Crippen LogP contribution in [0.15, 0.2) is 84.9 Å². The van der Waals surface area contributed by atoms with Gasteiger partial charge < -0.3 is 9.59 Å². The third kappa shape index (κ3) is 3.08. The van der Waals surface area contributed by atoms with E-state index in [9.17, 15) is 9.50 Å². The Kier molecular flexibility index (Phi) is 4.76.